The Morgan fingerprint density at radius 2 is 1.61 bits per heavy atom. The summed E-state index contributed by atoms with van der Waals surface area (Å²) in [6, 6.07) is 17.0. The van der Waals surface area contributed by atoms with Crippen LogP contribution in [0, 0.1) is 10.1 Å². The highest BCUT2D eigenvalue weighted by Gasteiger charge is 2.21. The van der Waals surface area contributed by atoms with Gasteiger partial charge >= 0.3 is 0 Å². The van der Waals surface area contributed by atoms with Gasteiger partial charge in [-0.25, -0.2) is 8.42 Å². The number of benzene rings is 3. The Hall–Kier alpha value is -3.23. The summed E-state index contributed by atoms with van der Waals surface area (Å²) >= 11 is 5.99. The average molecular weight is 417 g/mol. The molecule has 0 amide bonds. The molecular formula is C19H13ClN2O5S. The van der Waals surface area contributed by atoms with Gasteiger partial charge in [-0.2, -0.15) is 0 Å². The Morgan fingerprint density at radius 3 is 2.21 bits per heavy atom. The van der Waals surface area contributed by atoms with Crippen molar-refractivity contribution >= 4 is 38.8 Å². The first-order chi connectivity index (χ1) is 13.3. The standard InChI is InChI=1S/C19H13ClN2O5S/c20-14-6-11-18(17(12-14)19(23)13-4-2-1-3-5-13)21-28(26,27)16-9-7-15(8-10-16)22(24)25/h1-12,21H. The summed E-state index contributed by atoms with van der Waals surface area (Å²) in [6.07, 6.45) is 0. The van der Waals surface area contributed by atoms with Crippen LogP contribution < -0.4 is 4.72 Å². The van der Waals surface area contributed by atoms with Crippen molar-refractivity contribution in [1.82, 2.24) is 0 Å². The second kappa shape index (κ2) is 7.79. The molecule has 0 aliphatic carbocycles. The molecule has 7 nitrogen and oxygen atoms in total. The van der Waals surface area contributed by atoms with Crippen LogP contribution in [0.15, 0.2) is 77.7 Å². The lowest BCUT2D eigenvalue weighted by Gasteiger charge is -2.13. The third kappa shape index (κ3) is 4.19. The highest BCUT2D eigenvalue weighted by Crippen LogP contribution is 2.26. The number of nitro groups is 1. The topological polar surface area (TPSA) is 106 Å². The number of nitrogens with zero attached hydrogens (tertiary/aromatic N) is 1. The van der Waals surface area contributed by atoms with Crippen LogP contribution in [0.2, 0.25) is 5.02 Å². The van der Waals surface area contributed by atoms with Crippen molar-refractivity contribution in [2.45, 2.75) is 4.90 Å². The summed E-state index contributed by atoms with van der Waals surface area (Å²) < 4.78 is 27.7. The molecule has 0 spiro atoms. The second-order valence-corrected chi connectivity index (χ2v) is 7.86. The van der Waals surface area contributed by atoms with Crippen molar-refractivity contribution < 1.29 is 18.1 Å². The molecule has 0 aliphatic heterocycles. The number of anilines is 1. The molecule has 1 N–H and O–H groups in total. The maximum absolute atomic E-state index is 12.8. The van der Waals surface area contributed by atoms with Gasteiger partial charge in [-0.3, -0.25) is 19.6 Å². The number of rotatable bonds is 6. The summed E-state index contributed by atoms with van der Waals surface area (Å²) in [6.45, 7) is 0. The van der Waals surface area contributed by atoms with E-state index in [4.69, 9.17) is 11.6 Å². The number of non-ortho nitro benzene ring substituents is 1. The monoisotopic (exact) mass is 416 g/mol. The van der Waals surface area contributed by atoms with E-state index in [1.54, 1.807) is 30.3 Å². The highest BCUT2D eigenvalue weighted by molar-refractivity contribution is 7.92. The fourth-order valence-electron chi connectivity index (χ4n) is 2.49. The smallest absolute Gasteiger partial charge is 0.269 e. The van der Waals surface area contributed by atoms with Gasteiger partial charge in [-0.15, -0.1) is 0 Å². The van der Waals surface area contributed by atoms with Crippen LogP contribution >= 0.6 is 11.6 Å². The van der Waals surface area contributed by atoms with Gasteiger partial charge < -0.3 is 0 Å². The molecule has 0 saturated carbocycles. The van der Waals surface area contributed by atoms with Crippen molar-refractivity contribution in [2.24, 2.45) is 0 Å². The summed E-state index contributed by atoms with van der Waals surface area (Å²) in [7, 11) is -4.07. The number of nitro benzene ring substituents is 1. The van der Waals surface area contributed by atoms with Gasteiger partial charge in [0.15, 0.2) is 5.78 Å². The lowest BCUT2D eigenvalue weighted by atomic mass is 10.0. The minimum Gasteiger partial charge on any atom is -0.289 e. The SMILES string of the molecule is O=C(c1ccccc1)c1cc(Cl)ccc1NS(=O)(=O)c1ccc([N+](=O)[O-])cc1. The van der Waals surface area contributed by atoms with Crippen LogP contribution in [0.5, 0.6) is 0 Å². The van der Waals surface area contributed by atoms with Crippen LogP contribution in [-0.4, -0.2) is 19.1 Å². The Kier molecular flexibility index (Phi) is 5.43. The van der Waals surface area contributed by atoms with E-state index in [0.29, 0.717) is 5.56 Å². The van der Waals surface area contributed by atoms with E-state index in [1.165, 1.54) is 18.2 Å². The zero-order chi connectivity index (χ0) is 20.3. The third-order valence-corrected chi connectivity index (χ3v) is 5.48. The molecule has 0 aliphatic rings. The summed E-state index contributed by atoms with van der Waals surface area (Å²) in [5, 5.41) is 11.0. The Balaban J connectivity index is 1.98. The van der Waals surface area contributed by atoms with Crippen molar-refractivity contribution in [3.8, 4) is 0 Å². The van der Waals surface area contributed by atoms with Crippen molar-refractivity contribution in [3.63, 3.8) is 0 Å². The van der Waals surface area contributed by atoms with E-state index in [1.807, 2.05) is 0 Å². The summed E-state index contributed by atoms with van der Waals surface area (Å²) in [4.78, 5) is 22.7. The molecule has 28 heavy (non-hydrogen) atoms. The second-order valence-electron chi connectivity index (χ2n) is 5.74. The Bertz CT molecular complexity index is 1150. The molecule has 0 atom stereocenters. The zero-order valence-corrected chi connectivity index (χ0v) is 15.8. The number of carbonyl (C=O) groups is 1. The normalized spacial score (nSPS) is 11.0. The molecule has 3 aromatic carbocycles. The van der Waals surface area contributed by atoms with Gasteiger partial charge in [0.2, 0.25) is 0 Å². The largest absolute Gasteiger partial charge is 0.289 e. The van der Waals surface area contributed by atoms with E-state index in [-0.39, 0.29) is 26.9 Å². The molecule has 9 heteroatoms. The van der Waals surface area contributed by atoms with Crippen molar-refractivity contribution in [3.05, 3.63) is 99.1 Å². The van der Waals surface area contributed by atoms with Gasteiger partial charge in [-0.1, -0.05) is 41.9 Å². The number of hydrogen-bond donors (Lipinski definition) is 1. The number of nitrogens with one attached hydrogen (secondary N) is 1. The molecule has 0 radical (unpaired) electrons. The van der Waals surface area contributed by atoms with Crippen molar-refractivity contribution in [2.75, 3.05) is 4.72 Å². The molecular weight excluding hydrogens is 404 g/mol. The van der Waals surface area contributed by atoms with Gasteiger partial charge in [0.1, 0.15) is 0 Å². The van der Waals surface area contributed by atoms with Crippen molar-refractivity contribution in [1.29, 1.82) is 0 Å². The number of ketones is 1. The first-order valence-corrected chi connectivity index (χ1v) is 9.80. The molecule has 0 heterocycles. The summed E-state index contributed by atoms with van der Waals surface area (Å²) in [5.74, 6) is -0.399. The molecule has 0 unspecified atom stereocenters. The summed E-state index contributed by atoms with van der Waals surface area (Å²) in [5.41, 5.74) is 0.284. The number of halogens is 1. The van der Waals surface area contributed by atoms with Gasteiger partial charge in [0.05, 0.1) is 15.5 Å². The molecule has 142 valence electrons. The lowest BCUT2D eigenvalue weighted by Crippen LogP contribution is -2.16. The maximum Gasteiger partial charge on any atom is 0.269 e. The van der Waals surface area contributed by atoms with Crippen LogP contribution in [0.25, 0.3) is 0 Å². The van der Waals surface area contributed by atoms with Crippen LogP contribution in [0.1, 0.15) is 15.9 Å². The molecule has 0 aromatic heterocycles. The maximum atomic E-state index is 12.8. The fourth-order valence-corrected chi connectivity index (χ4v) is 3.74. The number of hydrogen-bond acceptors (Lipinski definition) is 5. The van der Waals surface area contributed by atoms with E-state index in [9.17, 15) is 23.3 Å². The van der Waals surface area contributed by atoms with E-state index < -0.39 is 20.7 Å². The van der Waals surface area contributed by atoms with Gasteiger partial charge in [-0.05, 0) is 30.3 Å². The molecule has 3 rings (SSSR count). The first-order valence-electron chi connectivity index (χ1n) is 7.94. The lowest BCUT2D eigenvalue weighted by molar-refractivity contribution is -0.384. The highest BCUT2D eigenvalue weighted by atomic mass is 35.5. The predicted molar refractivity (Wildman–Crippen MR) is 105 cm³/mol. The molecule has 0 saturated heterocycles. The zero-order valence-electron chi connectivity index (χ0n) is 14.2. The van der Waals surface area contributed by atoms with Crippen LogP contribution in [0.4, 0.5) is 11.4 Å². The van der Waals surface area contributed by atoms with E-state index in [2.05, 4.69) is 4.72 Å². The fraction of sp³-hybridized carbons (Fsp3) is 0. The molecule has 0 bridgehead atoms. The number of sulfonamides is 1. The van der Waals surface area contributed by atoms with Gasteiger partial charge in [0, 0.05) is 28.3 Å². The molecule has 0 fully saturated rings. The van der Waals surface area contributed by atoms with Gasteiger partial charge in [0.25, 0.3) is 15.7 Å². The first kappa shape index (κ1) is 19.5. The van der Waals surface area contributed by atoms with Crippen LogP contribution in [0.3, 0.4) is 0 Å². The third-order valence-electron chi connectivity index (χ3n) is 3.86. The average Bonchev–Trinajstić information content (AvgIpc) is 2.69. The number of carbonyl (C=O) groups excluding carboxylic acids is 1. The molecule has 3 aromatic rings. The Morgan fingerprint density at radius 1 is 0.964 bits per heavy atom. The minimum atomic E-state index is -4.07. The predicted octanol–water partition coefficient (Wildman–Crippen LogP) is 4.28. The quantitative estimate of drug-likeness (QED) is 0.366. The van der Waals surface area contributed by atoms with E-state index in [0.717, 1.165) is 24.3 Å². The van der Waals surface area contributed by atoms with Crippen LogP contribution in [-0.2, 0) is 10.0 Å². The Labute approximate surface area is 165 Å². The van der Waals surface area contributed by atoms with E-state index >= 15 is 0 Å². The minimum absolute atomic E-state index is 0.0524.